The summed E-state index contributed by atoms with van der Waals surface area (Å²) in [7, 11) is -0.390. The molecule has 5 heteroatoms. The van der Waals surface area contributed by atoms with Crippen molar-refractivity contribution < 1.29 is 9.31 Å². The Morgan fingerprint density at radius 1 is 1.22 bits per heavy atom. The van der Waals surface area contributed by atoms with Crippen molar-refractivity contribution in [3.8, 4) is 6.07 Å². The molecule has 2 rings (SSSR count). The molecule has 2 heterocycles. The monoisotopic (exact) mass is 244 g/mol. The Kier molecular flexibility index (Phi) is 3.18. The Bertz CT molecular complexity index is 461. The maximum atomic E-state index is 8.60. The summed E-state index contributed by atoms with van der Waals surface area (Å²) >= 11 is 0. The van der Waals surface area contributed by atoms with E-state index in [0.717, 1.165) is 11.2 Å². The average molecular weight is 244 g/mol. The Morgan fingerprint density at radius 3 is 2.28 bits per heavy atom. The normalized spacial score (nSPS) is 20.7. The van der Waals surface area contributed by atoms with Crippen molar-refractivity contribution in [3.05, 3.63) is 24.0 Å². The van der Waals surface area contributed by atoms with Crippen molar-refractivity contribution >= 4 is 12.6 Å². The highest BCUT2D eigenvalue weighted by Crippen LogP contribution is 2.36. The van der Waals surface area contributed by atoms with E-state index in [0.29, 0.717) is 6.42 Å². The van der Waals surface area contributed by atoms with Gasteiger partial charge in [-0.05, 0) is 33.8 Å². The lowest BCUT2D eigenvalue weighted by molar-refractivity contribution is 0.00578. The van der Waals surface area contributed by atoms with E-state index in [-0.39, 0.29) is 11.2 Å². The summed E-state index contributed by atoms with van der Waals surface area (Å²) in [6.45, 7) is 8.07. The van der Waals surface area contributed by atoms with Crippen LogP contribution in [-0.4, -0.2) is 23.3 Å². The molecule has 18 heavy (non-hydrogen) atoms. The van der Waals surface area contributed by atoms with Crippen molar-refractivity contribution in [2.24, 2.45) is 0 Å². The third-order valence-electron chi connectivity index (χ3n) is 3.63. The van der Waals surface area contributed by atoms with Gasteiger partial charge in [0.05, 0.1) is 29.4 Å². The van der Waals surface area contributed by atoms with Crippen molar-refractivity contribution in [2.45, 2.75) is 45.3 Å². The molecule has 0 atom stereocenters. The highest BCUT2D eigenvalue weighted by atomic mass is 16.7. The Morgan fingerprint density at radius 2 is 1.83 bits per heavy atom. The largest absolute Gasteiger partial charge is 0.496 e. The zero-order valence-electron chi connectivity index (χ0n) is 11.2. The van der Waals surface area contributed by atoms with Gasteiger partial charge in [-0.3, -0.25) is 4.98 Å². The predicted octanol–water partition coefficient (Wildman–Crippen LogP) is 1.45. The van der Waals surface area contributed by atoms with Crippen LogP contribution in [-0.2, 0) is 15.7 Å². The van der Waals surface area contributed by atoms with Crippen molar-refractivity contribution in [1.29, 1.82) is 5.26 Å². The van der Waals surface area contributed by atoms with Crippen LogP contribution in [0.1, 0.15) is 33.4 Å². The molecule has 1 aromatic rings. The molecule has 1 saturated heterocycles. The summed E-state index contributed by atoms with van der Waals surface area (Å²) in [4.78, 5) is 4.23. The van der Waals surface area contributed by atoms with Gasteiger partial charge in [0.2, 0.25) is 0 Å². The maximum Gasteiger partial charge on any atom is 0.496 e. The van der Waals surface area contributed by atoms with Gasteiger partial charge >= 0.3 is 7.12 Å². The maximum absolute atomic E-state index is 8.60. The molecule has 0 bridgehead atoms. The molecular formula is C13H17BN2O2. The zero-order chi connectivity index (χ0) is 13.4. The van der Waals surface area contributed by atoms with Crippen molar-refractivity contribution in [1.82, 2.24) is 4.98 Å². The second-order valence-corrected chi connectivity index (χ2v) is 5.51. The molecule has 0 N–H and O–H groups in total. The molecule has 0 spiro atoms. The minimum atomic E-state index is -0.390. The van der Waals surface area contributed by atoms with Gasteiger partial charge in [0.1, 0.15) is 0 Å². The SMILES string of the molecule is CC1(C)OB(c2ccc(CC#N)nc2)OC1(C)C. The average Bonchev–Trinajstić information content (AvgIpc) is 2.50. The fourth-order valence-corrected chi connectivity index (χ4v) is 1.74. The van der Waals surface area contributed by atoms with Gasteiger partial charge in [0.25, 0.3) is 0 Å². The molecule has 0 aliphatic carbocycles. The molecule has 1 aliphatic rings. The van der Waals surface area contributed by atoms with E-state index in [9.17, 15) is 0 Å². The quantitative estimate of drug-likeness (QED) is 0.739. The van der Waals surface area contributed by atoms with E-state index in [1.165, 1.54) is 0 Å². The van der Waals surface area contributed by atoms with Crippen LogP contribution in [0, 0.1) is 11.3 Å². The molecule has 0 unspecified atom stereocenters. The second-order valence-electron chi connectivity index (χ2n) is 5.51. The van der Waals surface area contributed by atoms with Crippen LogP contribution >= 0.6 is 0 Å². The first kappa shape index (κ1) is 13.1. The molecule has 4 nitrogen and oxygen atoms in total. The van der Waals surface area contributed by atoms with E-state index in [4.69, 9.17) is 14.6 Å². The van der Waals surface area contributed by atoms with Gasteiger partial charge in [-0.15, -0.1) is 0 Å². The van der Waals surface area contributed by atoms with E-state index < -0.39 is 7.12 Å². The number of hydrogen-bond donors (Lipinski definition) is 0. The number of pyridine rings is 1. The number of rotatable bonds is 2. The van der Waals surface area contributed by atoms with Crippen LogP contribution in [0.2, 0.25) is 0 Å². The molecule has 0 saturated carbocycles. The minimum Gasteiger partial charge on any atom is -0.399 e. The van der Waals surface area contributed by atoms with Crippen LogP contribution in [0.25, 0.3) is 0 Å². The number of nitriles is 1. The fourth-order valence-electron chi connectivity index (χ4n) is 1.74. The van der Waals surface area contributed by atoms with Crippen LogP contribution in [0.4, 0.5) is 0 Å². The molecule has 1 aliphatic heterocycles. The number of hydrogen-bond acceptors (Lipinski definition) is 4. The van der Waals surface area contributed by atoms with Crippen molar-refractivity contribution in [2.75, 3.05) is 0 Å². The summed E-state index contributed by atoms with van der Waals surface area (Å²) in [5.41, 5.74) is 0.958. The van der Waals surface area contributed by atoms with E-state index >= 15 is 0 Å². The van der Waals surface area contributed by atoms with E-state index in [2.05, 4.69) is 11.1 Å². The summed E-state index contributed by atoms with van der Waals surface area (Å²) in [5.74, 6) is 0. The highest BCUT2D eigenvalue weighted by molar-refractivity contribution is 6.62. The third-order valence-corrected chi connectivity index (χ3v) is 3.63. The fraction of sp³-hybridized carbons (Fsp3) is 0.538. The second kappa shape index (κ2) is 4.38. The van der Waals surface area contributed by atoms with Gasteiger partial charge < -0.3 is 9.31 Å². The molecule has 0 amide bonds. The topological polar surface area (TPSA) is 55.1 Å². The first-order valence-electron chi connectivity index (χ1n) is 6.03. The Balaban J connectivity index is 2.17. The Hall–Kier alpha value is -1.38. The van der Waals surface area contributed by atoms with Gasteiger partial charge in [0.15, 0.2) is 0 Å². The zero-order valence-corrected chi connectivity index (χ0v) is 11.2. The Labute approximate surface area is 108 Å². The first-order chi connectivity index (χ1) is 8.36. The molecule has 1 fully saturated rings. The molecule has 1 aromatic heterocycles. The lowest BCUT2D eigenvalue weighted by atomic mass is 9.80. The van der Waals surface area contributed by atoms with Gasteiger partial charge in [-0.1, -0.05) is 6.07 Å². The van der Waals surface area contributed by atoms with E-state index in [1.54, 1.807) is 6.20 Å². The third kappa shape index (κ3) is 2.26. The van der Waals surface area contributed by atoms with Gasteiger partial charge in [-0.2, -0.15) is 5.26 Å². The summed E-state index contributed by atoms with van der Waals surface area (Å²) in [6.07, 6.45) is 2.04. The minimum absolute atomic E-state index is 0.323. The van der Waals surface area contributed by atoms with Gasteiger partial charge in [-0.25, -0.2) is 0 Å². The van der Waals surface area contributed by atoms with Gasteiger partial charge in [0, 0.05) is 11.7 Å². The lowest BCUT2D eigenvalue weighted by Gasteiger charge is -2.32. The van der Waals surface area contributed by atoms with Crippen molar-refractivity contribution in [3.63, 3.8) is 0 Å². The summed E-state index contributed by atoms with van der Waals surface area (Å²) in [5, 5.41) is 8.60. The van der Waals surface area contributed by atoms with Crippen LogP contribution < -0.4 is 5.46 Å². The predicted molar refractivity (Wildman–Crippen MR) is 69.3 cm³/mol. The smallest absolute Gasteiger partial charge is 0.399 e. The van der Waals surface area contributed by atoms with E-state index in [1.807, 2.05) is 39.8 Å². The molecule has 0 aromatic carbocycles. The standard InChI is InChI=1S/C13H17BN2O2/c1-12(2)13(3,4)18-14(17-12)10-5-6-11(7-8-15)16-9-10/h5-6,9H,7H2,1-4H3. The molecular weight excluding hydrogens is 227 g/mol. The van der Waals surface area contributed by atoms with Crippen LogP contribution in [0.3, 0.4) is 0 Å². The lowest BCUT2D eigenvalue weighted by Crippen LogP contribution is -2.41. The molecule has 94 valence electrons. The number of nitrogens with zero attached hydrogens (tertiary/aromatic N) is 2. The highest BCUT2D eigenvalue weighted by Gasteiger charge is 2.51. The van der Waals surface area contributed by atoms with Crippen LogP contribution in [0.5, 0.6) is 0 Å². The van der Waals surface area contributed by atoms with Crippen LogP contribution in [0.15, 0.2) is 18.3 Å². The molecule has 0 radical (unpaired) electrons. The summed E-state index contributed by atoms with van der Waals surface area (Å²) in [6, 6.07) is 5.82. The summed E-state index contributed by atoms with van der Waals surface area (Å²) < 4.78 is 11.8. The number of aromatic nitrogens is 1. The first-order valence-corrected chi connectivity index (χ1v) is 6.03.